The number of hydrogen-bond donors (Lipinski definition) is 0. The van der Waals surface area contributed by atoms with E-state index in [0.29, 0.717) is 19.5 Å². The molecule has 32 heavy (non-hydrogen) atoms. The molecule has 198 valence electrons. The smallest absolute Gasteiger partial charge is 0.157 e. The molecule has 0 aromatic rings. The highest BCUT2D eigenvalue weighted by Crippen LogP contribution is 2.07. The second kappa shape index (κ2) is 22.5. The summed E-state index contributed by atoms with van der Waals surface area (Å²) in [6.45, 7) is -14.7. The largest absolute Gasteiger partial charge is 0.748 e. The summed E-state index contributed by atoms with van der Waals surface area (Å²) in [6, 6.07) is 0. The molecule has 0 radical (unpaired) electrons. The summed E-state index contributed by atoms with van der Waals surface area (Å²) in [4.78, 5) is -0.0536. The van der Waals surface area contributed by atoms with E-state index >= 15 is 0 Å². The number of nitrogens with zero attached hydrogens (tertiary/aromatic N) is 2. The number of ether oxygens (including phenoxy) is 4. The maximum absolute atomic E-state index is 9.08. The van der Waals surface area contributed by atoms with Gasteiger partial charge in [-0.15, -0.1) is 0 Å². The molecule has 0 N–H and O–H groups in total. The summed E-state index contributed by atoms with van der Waals surface area (Å²) in [5.41, 5.74) is 0. The van der Waals surface area contributed by atoms with E-state index < -0.39 is 81.5 Å². The minimum absolute atomic E-state index is 0.0529. The van der Waals surface area contributed by atoms with E-state index in [2.05, 4.69) is 0 Å². The van der Waals surface area contributed by atoms with E-state index in [9.17, 15) is 0 Å². The molecule has 0 rings (SSSR count). The molecule has 0 aliphatic rings. The summed E-state index contributed by atoms with van der Waals surface area (Å²) in [7, 11) is -3.92. The molecule has 0 saturated heterocycles. The first kappa shape index (κ1) is 13.1. The maximum atomic E-state index is 9.08. The van der Waals surface area contributed by atoms with Crippen molar-refractivity contribution in [1.29, 1.82) is 0 Å². The highest BCUT2D eigenvalue weighted by Gasteiger charge is 2.11. The minimum atomic E-state index is -3.92. The lowest BCUT2D eigenvalue weighted by Gasteiger charge is -2.25. The minimum Gasteiger partial charge on any atom is -0.748 e. The zero-order chi connectivity index (χ0) is 41.7. The molecule has 0 amide bonds. The summed E-state index contributed by atoms with van der Waals surface area (Å²) in [5.74, 6) is 0. The quantitative estimate of drug-likeness (QED) is 0.179. The van der Waals surface area contributed by atoms with Gasteiger partial charge in [-0.1, -0.05) is 0 Å². The lowest BCUT2D eigenvalue weighted by Crippen LogP contribution is -2.35. The molecule has 0 unspecified atom stereocenters. The van der Waals surface area contributed by atoms with Crippen molar-refractivity contribution >= 4 is 10.1 Å². The summed E-state index contributed by atoms with van der Waals surface area (Å²) in [5, 5.41) is 0. The van der Waals surface area contributed by atoms with Crippen molar-refractivity contribution in [3.63, 3.8) is 0 Å². The van der Waals surface area contributed by atoms with Crippen LogP contribution in [0.4, 0.5) is 0 Å². The standard InChI is InChI=1S/C11H26NO2.C10H23NO2.CH4O3S/c1-6-13-11(14-7-2)9-8-10-12(3,4)5;1-5-12-10(13-6-2)8-7-9-11(3)4;1-5(2,3)4/h11H,6-10H2,1-5H3;10H,5-9H2,1-4H3;1H3,(H,2,3,4)/q+1;;/p-1/i3D3,4D3,5D3,10D2;3D3,4D3,9D2;. The van der Waals surface area contributed by atoms with Gasteiger partial charge in [0.2, 0.25) is 0 Å². The van der Waals surface area contributed by atoms with E-state index in [1.165, 1.54) is 0 Å². The molecule has 9 nitrogen and oxygen atoms in total. The van der Waals surface area contributed by atoms with Crippen LogP contribution in [0.5, 0.6) is 0 Å². The lowest BCUT2D eigenvalue weighted by molar-refractivity contribution is -0.870. The first-order chi connectivity index (χ1) is 22.4. The summed E-state index contributed by atoms with van der Waals surface area (Å²) in [6.07, 6.45) is -2.15. The highest BCUT2D eigenvalue weighted by atomic mass is 32.2. The molecular weight excluding hydrogens is 436 g/mol. The van der Waals surface area contributed by atoms with Crippen molar-refractivity contribution in [1.82, 2.24) is 4.90 Å². The van der Waals surface area contributed by atoms with Crippen LogP contribution in [-0.2, 0) is 29.1 Å². The monoisotopic (exact) mass is 507 g/mol. The van der Waals surface area contributed by atoms with Gasteiger partial charge in [-0.2, -0.15) is 0 Å². The van der Waals surface area contributed by atoms with Crippen LogP contribution in [0.3, 0.4) is 0 Å². The van der Waals surface area contributed by atoms with E-state index in [4.69, 9.17) is 58.0 Å². The van der Waals surface area contributed by atoms with E-state index in [1.54, 1.807) is 27.7 Å². The van der Waals surface area contributed by atoms with Crippen LogP contribution in [0, 0.1) is 0 Å². The third kappa shape index (κ3) is 40.1. The number of rotatable bonds is 16. The molecule has 0 atom stereocenters. The van der Waals surface area contributed by atoms with Crippen molar-refractivity contribution in [2.45, 2.75) is 66.0 Å². The molecule has 10 heteroatoms. The van der Waals surface area contributed by atoms with Crippen LogP contribution < -0.4 is 0 Å². The topological polar surface area (TPSA) is 97.4 Å². The fourth-order valence-corrected chi connectivity index (χ4v) is 1.82. The van der Waals surface area contributed by atoms with Gasteiger partial charge >= 0.3 is 0 Å². The van der Waals surface area contributed by atoms with Crippen LogP contribution in [0.15, 0.2) is 0 Å². The van der Waals surface area contributed by atoms with Gasteiger partial charge in [0.1, 0.15) is 0 Å². The van der Waals surface area contributed by atoms with Crippen molar-refractivity contribution in [2.24, 2.45) is 0 Å². The van der Waals surface area contributed by atoms with Crippen molar-refractivity contribution in [3.8, 4) is 0 Å². The van der Waals surface area contributed by atoms with Crippen molar-refractivity contribution in [2.75, 3.05) is 80.6 Å². The summed E-state index contributed by atoms with van der Waals surface area (Å²) >= 11 is 0. The molecule has 0 spiro atoms. The predicted octanol–water partition coefficient (Wildman–Crippen LogP) is 2.76. The zero-order valence-corrected chi connectivity index (χ0v) is 20.3. The Labute approximate surface area is 225 Å². The van der Waals surface area contributed by atoms with Crippen LogP contribution in [-0.4, -0.2) is 115 Å². The molecule has 0 aromatic carbocycles. The molecular formula is C22H52N2O7S. The molecule has 0 aliphatic carbocycles. The van der Waals surface area contributed by atoms with Crippen molar-refractivity contribution < 1.29 is 62.4 Å². The zero-order valence-electron chi connectivity index (χ0n) is 38.5. The fraction of sp³-hybridized carbons (Fsp3) is 1.00. The molecule has 0 aromatic heterocycles. The average molecular weight is 508 g/mol. The Morgan fingerprint density at radius 1 is 0.875 bits per heavy atom. The average Bonchev–Trinajstić information content (AvgIpc) is 2.81. The van der Waals surface area contributed by atoms with Crippen LogP contribution >= 0.6 is 0 Å². The van der Waals surface area contributed by atoms with E-state index in [-0.39, 0.29) is 37.4 Å². The van der Waals surface area contributed by atoms with E-state index in [0.717, 1.165) is 0 Å². The van der Waals surface area contributed by atoms with Crippen LogP contribution in [0.2, 0.25) is 0 Å². The Morgan fingerprint density at radius 3 is 1.56 bits per heavy atom. The van der Waals surface area contributed by atoms with Gasteiger partial charge in [0.15, 0.2) is 12.6 Å². The van der Waals surface area contributed by atoms with Gasteiger partial charge in [-0.05, 0) is 61.0 Å². The molecule has 0 saturated carbocycles. The van der Waals surface area contributed by atoms with Crippen molar-refractivity contribution in [3.05, 3.63) is 0 Å². The van der Waals surface area contributed by atoms with Gasteiger partial charge in [0.05, 0.1) is 52.6 Å². The molecule has 0 bridgehead atoms. The number of quaternary nitrogens is 1. The van der Waals surface area contributed by atoms with Gasteiger partial charge in [0, 0.05) is 56.5 Å². The third-order valence-electron chi connectivity index (χ3n) is 2.79. The SMILES string of the molecule is CS(=O)(=O)[O-].[2H]C([2H])([2H])N(C([2H])([2H])[2H])C([2H])([2H])CCC(OCC)OCC.[2H]C([2H])([2H])[N+](C([2H])([2H])[2H])(C([2H])([2H])[2H])C([2H])([2H])CCC(OCC)OCC. The maximum Gasteiger partial charge on any atom is 0.157 e. The first-order valence-electron chi connectivity index (χ1n) is 19.4. The normalized spacial score (nSPS) is 23.6. The Bertz CT molecular complexity index is 1010. The molecule has 0 aliphatic heterocycles. The Hall–Kier alpha value is -0.330. The van der Waals surface area contributed by atoms with Gasteiger partial charge in [-0.3, -0.25) is 0 Å². The Kier molecular flexibility index (Phi) is 9.20. The Balaban J connectivity index is -0.000000805. The van der Waals surface area contributed by atoms with Gasteiger partial charge in [0.25, 0.3) is 0 Å². The van der Waals surface area contributed by atoms with E-state index in [1.807, 2.05) is 0 Å². The van der Waals surface area contributed by atoms with Gasteiger partial charge < -0.3 is 32.9 Å². The fourth-order valence-electron chi connectivity index (χ4n) is 1.82. The van der Waals surface area contributed by atoms with Crippen LogP contribution in [0.25, 0.3) is 0 Å². The third-order valence-corrected chi connectivity index (χ3v) is 2.79. The Morgan fingerprint density at radius 2 is 1.25 bits per heavy atom. The predicted molar refractivity (Wildman–Crippen MR) is 130 cm³/mol. The van der Waals surface area contributed by atoms with Gasteiger partial charge in [-0.25, -0.2) is 8.42 Å². The lowest BCUT2D eigenvalue weighted by atomic mass is 10.3. The molecule has 0 heterocycles. The summed E-state index contributed by atoms with van der Waals surface area (Å²) < 4.78 is 189. The van der Waals surface area contributed by atoms with Crippen LogP contribution in [0.1, 0.15) is 79.4 Å². The highest BCUT2D eigenvalue weighted by molar-refractivity contribution is 7.84. The molecule has 0 fully saturated rings. The number of hydrogen-bond acceptors (Lipinski definition) is 8. The second-order valence-corrected chi connectivity index (χ2v) is 7.19. The second-order valence-electron chi connectivity index (χ2n) is 5.78. The first-order valence-corrected chi connectivity index (χ1v) is 11.7.